The monoisotopic (exact) mass is 1750 g/mol. The fraction of sp³-hybridized carbons (Fsp3) is 0.608. The van der Waals surface area contributed by atoms with Crippen LogP contribution in [0.15, 0.2) is 49.3 Å². The van der Waals surface area contributed by atoms with E-state index in [1.807, 2.05) is 0 Å². The highest BCUT2D eigenvalue weighted by molar-refractivity contribution is 6.01. The predicted octanol–water partition coefficient (Wildman–Crippen LogP) is -6.26. The molecule has 3 rings (SSSR count). The van der Waals surface area contributed by atoms with Crippen LogP contribution in [0, 0.1) is 29.6 Å². The van der Waals surface area contributed by atoms with Crippen molar-refractivity contribution in [1.82, 2.24) is 105 Å². The van der Waals surface area contributed by atoms with E-state index in [1.54, 1.807) is 69.2 Å². The van der Waals surface area contributed by atoms with Gasteiger partial charge < -0.3 is 128 Å². The molecule has 0 saturated carbocycles. The van der Waals surface area contributed by atoms with Crippen molar-refractivity contribution in [3.63, 3.8) is 0 Å². The van der Waals surface area contributed by atoms with Gasteiger partial charge in [0.1, 0.15) is 84.3 Å². The summed E-state index contributed by atoms with van der Waals surface area (Å²) in [6, 6.07) is -14.0. The van der Waals surface area contributed by atoms with Crippen molar-refractivity contribution < 1.29 is 106 Å². The van der Waals surface area contributed by atoms with Gasteiger partial charge in [-0.1, -0.05) is 87.8 Å². The molecule has 0 unspecified atom stereocenters. The number of carboxylic acids is 1. The van der Waals surface area contributed by atoms with Crippen LogP contribution in [0.2, 0.25) is 0 Å². The summed E-state index contributed by atoms with van der Waals surface area (Å²) in [7, 11) is 0. The number of aromatic hydroxyl groups is 1. The number of carboxylic acid groups (broad SMARTS) is 1. The quantitative estimate of drug-likeness (QED) is 0.0250. The third-order valence-electron chi connectivity index (χ3n) is 19.1. The Morgan fingerprint density at radius 1 is 0.395 bits per heavy atom. The Morgan fingerprint density at radius 2 is 0.766 bits per heavy atom. The van der Waals surface area contributed by atoms with Gasteiger partial charge in [-0.15, -0.1) is 0 Å². The lowest BCUT2D eigenvalue weighted by Gasteiger charge is -2.29. The average Bonchev–Trinajstić information content (AvgIpc) is 1.27. The van der Waals surface area contributed by atoms with Crippen molar-refractivity contribution >= 4 is 112 Å². The number of hydrogen-bond acceptors (Lipinski definition) is 24. The molecule has 1 aromatic carbocycles. The lowest BCUT2D eigenvalue weighted by molar-refractivity contribution is -0.138. The summed E-state index contributed by atoms with van der Waals surface area (Å²) in [5, 5.41) is 68.9. The number of aliphatic carboxylic acids is 1. The average molecular weight is 1750 g/mol. The number of benzene rings is 1. The number of aromatic amines is 2. The lowest BCUT2D eigenvalue weighted by atomic mass is 9.96. The van der Waals surface area contributed by atoms with Crippen LogP contribution in [0.4, 0.5) is 0 Å². The number of aliphatic hydroxyl groups excluding tert-OH is 1. The highest BCUT2D eigenvalue weighted by Gasteiger charge is 2.39. The summed E-state index contributed by atoms with van der Waals surface area (Å²) in [5.74, 6) is -19.5. The van der Waals surface area contributed by atoms with E-state index in [-0.39, 0.29) is 80.1 Å². The first-order chi connectivity index (χ1) is 58.1. The second-order valence-corrected chi connectivity index (χ2v) is 32.2. The second-order valence-electron chi connectivity index (χ2n) is 32.2. The summed E-state index contributed by atoms with van der Waals surface area (Å²) < 4.78 is 0. The molecule has 0 spiro atoms. The third-order valence-corrected chi connectivity index (χ3v) is 19.1. The number of nitrogens with two attached hydrogens (primary N) is 3. The number of hydrogen-bond donors (Lipinski definition) is 24. The molecule has 45 heteroatoms. The van der Waals surface area contributed by atoms with Gasteiger partial charge in [-0.2, -0.15) is 0 Å². The van der Waals surface area contributed by atoms with E-state index >= 15 is 0 Å². The number of carbonyl (C=O) groups is 19. The van der Waals surface area contributed by atoms with Crippen molar-refractivity contribution in [2.45, 2.75) is 258 Å². The van der Waals surface area contributed by atoms with Gasteiger partial charge in [0.15, 0.2) is 0 Å². The van der Waals surface area contributed by atoms with Gasteiger partial charge in [0.25, 0.3) is 0 Å². The predicted molar refractivity (Wildman–Crippen MR) is 444 cm³/mol. The maximum Gasteiger partial charge on any atom is 0.303 e. The van der Waals surface area contributed by atoms with Crippen LogP contribution in [0.3, 0.4) is 0 Å². The third kappa shape index (κ3) is 39.0. The number of nitrogens with zero attached hydrogens (tertiary/aromatic N) is 2. The number of H-pyrrole nitrogens is 2. The fourth-order valence-corrected chi connectivity index (χ4v) is 12.2. The van der Waals surface area contributed by atoms with Gasteiger partial charge in [0.2, 0.25) is 106 Å². The minimum Gasteiger partial charge on any atom is -0.508 e. The summed E-state index contributed by atoms with van der Waals surface area (Å²) >= 11 is 0. The Bertz CT molecular complexity index is 4130. The fourth-order valence-electron chi connectivity index (χ4n) is 12.2. The maximum absolute atomic E-state index is 14.3. The number of nitrogens with one attached hydrogen (secondary N) is 18. The van der Waals surface area contributed by atoms with E-state index in [0.717, 1.165) is 0 Å². The number of imidazole rings is 2. The topological polar surface area (TPSA) is 713 Å². The molecule has 2 aromatic heterocycles. The lowest BCUT2D eigenvalue weighted by Crippen LogP contribution is -2.61. The van der Waals surface area contributed by atoms with Crippen LogP contribution < -0.4 is 102 Å². The molecule has 0 aliphatic carbocycles. The first kappa shape index (κ1) is 105. The number of primary amides is 2. The summed E-state index contributed by atoms with van der Waals surface area (Å²) in [4.78, 5) is 268. The van der Waals surface area contributed by atoms with Crippen LogP contribution >= 0.6 is 0 Å². The maximum atomic E-state index is 14.3. The van der Waals surface area contributed by atoms with Crippen molar-refractivity contribution in [2.75, 3.05) is 19.6 Å². The molecule has 18 amide bonds. The van der Waals surface area contributed by atoms with Crippen molar-refractivity contribution in [3.05, 3.63) is 66.3 Å². The molecule has 0 saturated heterocycles. The molecule has 0 bridgehead atoms. The number of amides is 18. The number of phenolic OH excluding ortho intramolecular Hbond substituents is 1. The van der Waals surface area contributed by atoms with Crippen LogP contribution in [-0.2, 0) is 110 Å². The SMILES string of the molecule is CC[C@H](C)[C@H](NC(=O)CNC(=O)[C@H](C)NC(=O)[C@H](C)NC(=O)[C@H](Cc1cnc[nH]1)NC(=O)[C@@H](CC(N)=O)NC(=O)CNC(=O)[C@H](C)NC(=O)CNC(=O)[C@H](Cc1cnc[nH]1)NC(=O)[C@H](CC(C)C)NC(=O)[C@H](CC(C)C)NC(=O)[C@H](CCC(=O)O)NC(=O)[C@@H](N)Cc1ccc(O)cc1)C(=O)N[C@@H](CC(C)C)C(=O)N[C@H](C(=O)N[C@@H](CC(C)C)C(N)=O)[C@@H](C)O. The molecule has 688 valence electrons. The normalized spacial score (nSPS) is 15.1. The number of carbonyl (C=O) groups excluding carboxylic acids is 18. The number of aromatic nitrogens is 4. The zero-order valence-electron chi connectivity index (χ0n) is 72.3. The number of aliphatic hydroxyl groups is 1. The molecule has 3 aromatic rings. The number of rotatable bonds is 55. The van der Waals surface area contributed by atoms with E-state index in [4.69, 9.17) is 17.2 Å². The molecule has 0 radical (unpaired) electrons. The second kappa shape index (κ2) is 52.6. The Kier molecular flexibility index (Phi) is 44.7. The Balaban J connectivity index is 1.65. The van der Waals surface area contributed by atoms with Crippen LogP contribution in [0.25, 0.3) is 0 Å². The van der Waals surface area contributed by atoms with Crippen molar-refractivity contribution in [1.29, 1.82) is 0 Å². The molecular weight excluding hydrogens is 1620 g/mol. The molecule has 27 N–H and O–H groups in total. The van der Waals surface area contributed by atoms with E-state index in [0.29, 0.717) is 17.7 Å². The highest BCUT2D eigenvalue weighted by atomic mass is 16.4. The first-order valence-corrected chi connectivity index (χ1v) is 40.8. The van der Waals surface area contributed by atoms with Gasteiger partial charge in [0, 0.05) is 43.0 Å². The Morgan fingerprint density at radius 3 is 1.21 bits per heavy atom. The van der Waals surface area contributed by atoms with E-state index < -0.39 is 248 Å². The molecule has 0 aliphatic rings. The molecule has 0 fully saturated rings. The minimum atomic E-state index is -1.81. The molecule has 124 heavy (non-hydrogen) atoms. The summed E-state index contributed by atoms with van der Waals surface area (Å²) in [6.07, 6.45) is 1.84. The zero-order chi connectivity index (χ0) is 93.5. The first-order valence-electron chi connectivity index (χ1n) is 40.8. The van der Waals surface area contributed by atoms with Crippen LogP contribution in [0.5, 0.6) is 5.75 Å². The van der Waals surface area contributed by atoms with Gasteiger partial charge in [-0.25, -0.2) is 9.97 Å². The molecule has 0 aliphatic heterocycles. The Hall–Kier alpha value is -12.7. The van der Waals surface area contributed by atoms with E-state index in [1.165, 1.54) is 77.0 Å². The molecule has 2 heterocycles. The molecule has 45 nitrogen and oxygen atoms in total. The van der Waals surface area contributed by atoms with Gasteiger partial charge >= 0.3 is 5.97 Å². The van der Waals surface area contributed by atoms with E-state index in [2.05, 4.69) is 105 Å². The van der Waals surface area contributed by atoms with Crippen molar-refractivity contribution in [2.24, 2.45) is 46.8 Å². The van der Waals surface area contributed by atoms with Gasteiger partial charge in [0.05, 0.1) is 50.9 Å². The smallest absolute Gasteiger partial charge is 0.303 e. The zero-order valence-corrected chi connectivity index (χ0v) is 72.3. The van der Waals surface area contributed by atoms with Crippen LogP contribution in [0.1, 0.15) is 165 Å². The highest BCUT2D eigenvalue weighted by Crippen LogP contribution is 2.17. The summed E-state index contributed by atoms with van der Waals surface area (Å²) in [6.45, 7) is 20.0. The van der Waals surface area contributed by atoms with Gasteiger partial charge in [-0.3, -0.25) is 91.1 Å². The molecule has 16 atom stereocenters. The standard InChI is InChI=1S/C79H125N23O22/c1-15-41(10)64(78(123)100-55(25-40(8)9)77(122)102-65(45(14)103)79(124)95-52(66(82)111)22-37(2)3)101-62(108)34-86-68(113)43(12)91-69(114)44(13)92-73(118)57(28-48-31-84-36-89-48)99-76(121)58(29-59(81)105)93-61(107)33-85-67(112)42(11)90-60(106)32-87-71(116)56(27-47-30-83-35-88-47)98-75(120)54(24-39(6)7)97-74(119)53(23-38(4)5)96-72(117)51(20-21-63(109)110)94-70(115)50(80)26-46-16-18-49(104)19-17-46/h16-19,30-31,35-45,50-58,64-65,103-104H,15,20-29,32-34,80H2,1-14H3,(H2,81,105)(H2,82,111)(H,83,88)(H,84,89)(H,85,112)(H,86,113)(H,87,116)(H,90,106)(H,91,114)(H,92,118)(H,93,107)(H,94,115)(H,95,124)(H,96,117)(H,97,119)(H,98,120)(H,99,121)(H,100,123)(H,101,108)(H,102,122)(H,109,110)/t41-,42-,43-,44-,45+,50-,51-,52-,53-,54-,55-,56-,57-,58+,64-,65-/m0/s1. The number of phenols is 1. The van der Waals surface area contributed by atoms with Crippen LogP contribution in [-0.4, -0.2) is 258 Å². The summed E-state index contributed by atoms with van der Waals surface area (Å²) in [5.41, 5.74) is 18.3. The van der Waals surface area contributed by atoms with E-state index in [9.17, 15) is 106 Å². The Labute approximate surface area is 717 Å². The molecular formula is C79H125N23O22. The van der Waals surface area contributed by atoms with Crippen molar-refractivity contribution in [3.8, 4) is 5.75 Å². The van der Waals surface area contributed by atoms with Gasteiger partial charge in [-0.05, 0) is 114 Å². The minimum absolute atomic E-state index is 0.00720. The largest absolute Gasteiger partial charge is 0.508 e.